The molecule has 8 nitrogen and oxygen atoms in total. The van der Waals surface area contributed by atoms with Crippen LogP contribution in [0.1, 0.15) is 28.1 Å². The average Bonchev–Trinajstić information content (AvgIpc) is 3.24. The van der Waals surface area contributed by atoms with E-state index < -0.39 is 0 Å². The first kappa shape index (κ1) is 21.5. The minimum absolute atomic E-state index is 0.256. The SMILES string of the molecule is Cc1cccc(Cl)c1NC(=O)c1cnc(Nc2cc(NCC3CCNCC3)ncn2)s1. The second-order valence-corrected chi connectivity index (χ2v) is 8.84. The molecule has 162 valence electrons. The highest BCUT2D eigenvalue weighted by Gasteiger charge is 2.15. The third-order valence-corrected chi connectivity index (χ3v) is 6.35. The van der Waals surface area contributed by atoms with Gasteiger partial charge in [0, 0.05) is 12.6 Å². The van der Waals surface area contributed by atoms with Crippen molar-refractivity contribution in [3.8, 4) is 0 Å². The number of hydrogen-bond donors (Lipinski definition) is 4. The number of amides is 1. The second-order valence-electron chi connectivity index (χ2n) is 7.40. The second kappa shape index (κ2) is 10.0. The molecule has 1 saturated heterocycles. The molecule has 4 rings (SSSR count). The minimum Gasteiger partial charge on any atom is -0.370 e. The summed E-state index contributed by atoms with van der Waals surface area (Å²) in [6.07, 6.45) is 5.38. The lowest BCUT2D eigenvalue weighted by atomic mass is 9.98. The molecule has 0 saturated carbocycles. The maximum absolute atomic E-state index is 12.6. The van der Waals surface area contributed by atoms with Crippen molar-refractivity contribution in [2.75, 3.05) is 35.6 Å². The number of piperidine rings is 1. The summed E-state index contributed by atoms with van der Waals surface area (Å²) >= 11 is 7.44. The van der Waals surface area contributed by atoms with Crippen LogP contribution in [0, 0.1) is 12.8 Å². The number of aryl methyl sites for hydroxylation is 1. The Morgan fingerprint density at radius 2 is 2.03 bits per heavy atom. The highest BCUT2D eigenvalue weighted by atomic mass is 35.5. The van der Waals surface area contributed by atoms with E-state index in [4.69, 9.17) is 11.6 Å². The van der Waals surface area contributed by atoms with Gasteiger partial charge in [-0.05, 0) is 50.4 Å². The van der Waals surface area contributed by atoms with Crippen LogP contribution in [-0.4, -0.2) is 40.5 Å². The predicted molar refractivity (Wildman–Crippen MR) is 126 cm³/mol. The molecule has 4 N–H and O–H groups in total. The Bertz CT molecular complexity index is 1030. The zero-order valence-corrected chi connectivity index (χ0v) is 18.7. The Balaban J connectivity index is 1.36. The summed E-state index contributed by atoms with van der Waals surface area (Å²) in [5.41, 5.74) is 1.51. The Hall–Kier alpha value is -2.75. The number of nitrogens with zero attached hydrogens (tertiary/aromatic N) is 3. The number of thiazole rings is 1. The van der Waals surface area contributed by atoms with Crippen LogP contribution in [0.3, 0.4) is 0 Å². The highest BCUT2D eigenvalue weighted by Crippen LogP contribution is 2.28. The topological polar surface area (TPSA) is 104 Å². The van der Waals surface area contributed by atoms with E-state index in [9.17, 15) is 4.79 Å². The highest BCUT2D eigenvalue weighted by molar-refractivity contribution is 7.17. The molecule has 0 aliphatic carbocycles. The zero-order valence-electron chi connectivity index (χ0n) is 17.1. The molecule has 0 unspecified atom stereocenters. The number of anilines is 4. The fraction of sp³-hybridized carbons (Fsp3) is 0.333. The molecule has 3 heterocycles. The van der Waals surface area contributed by atoms with Gasteiger partial charge in [-0.25, -0.2) is 15.0 Å². The monoisotopic (exact) mass is 457 g/mol. The molecule has 31 heavy (non-hydrogen) atoms. The van der Waals surface area contributed by atoms with Crippen molar-refractivity contribution in [2.45, 2.75) is 19.8 Å². The van der Waals surface area contributed by atoms with Gasteiger partial charge in [-0.2, -0.15) is 0 Å². The summed E-state index contributed by atoms with van der Waals surface area (Å²) in [7, 11) is 0. The van der Waals surface area contributed by atoms with E-state index in [1.165, 1.54) is 36.7 Å². The molecule has 10 heteroatoms. The molecular formula is C21H24ClN7OS. The number of para-hydroxylation sites is 1. The Kier molecular flexibility index (Phi) is 6.96. The van der Waals surface area contributed by atoms with Crippen molar-refractivity contribution >= 4 is 51.3 Å². The largest absolute Gasteiger partial charge is 0.370 e. The lowest BCUT2D eigenvalue weighted by Crippen LogP contribution is -2.31. The van der Waals surface area contributed by atoms with Gasteiger partial charge in [-0.15, -0.1) is 0 Å². The molecule has 0 bridgehead atoms. The zero-order chi connectivity index (χ0) is 21.6. The van der Waals surface area contributed by atoms with Gasteiger partial charge in [0.05, 0.1) is 16.9 Å². The van der Waals surface area contributed by atoms with Gasteiger partial charge in [0.15, 0.2) is 5.13 Å². The van der Waals surface area contributed by atoms with Gasteiger partial charge in [-0.1, -0.05) is 35.1 Å². The molecule has 3 aromatic rings. The van der Waals surface area contributed by atoms with Crippen LogP contribution in [0.5, 0.6) is 0 Å². The van der Waals surface area contributed by atoms with Crippen LogP contribution < -0.4 is 21.3 Å². The van der Waals surface area contributed by atoms with Crippen LogP contribution in [0.25, 0.3) is 0 Å². The van der Waals surface area contributed by atoms with E-state index in [1.54, 1.807) is 6.07 Å². The van der Waals surface area contributed by atoms with E-state index in [0.717, 1.165) is 31.0 Å². The van der Waals surface area contributed by atoms with E-state index in [0.29, 0.717) is 32.5 Å². The number of rotatable bonds is 7. The molecule has 1 aliphatic rings. The number of aromatic nitrogens is 3. The molecule has 1 aromatic carbocycles. The maximum atomic E-state index is 12.6. The summed E-state index contributed by atoms with van der Waals surface area (Å²) in [5, 5.41) is 13.8. The summed E-state index contributed by atoms with van der Waals surface area (Å²) in [6, 6.07) is 7.33. The van der Waals surface area contributed by atoms with Crippen LogP contribution in [0.4, 0.5) is 22.5 Å². The molecular weight excluding hydrogens is 434 g/mol. The number of benzene rings is 1. The predicted octanol–water partition coefficient (Wildman–Crippen LogP) is 4.30. The summed E-state index contributed by atoms with van der Waals surface area (Å²) in [4.78, 5) is 25.9. The van der Waals surface area contributed by atoms with Crippen molar-refractivity contribution in [3.63, 3.8) is 0 Å². The van der Waals surface area contributed by atoms with Gasteiger partial charge in [0.1, 0.15) is 22.8 Å². The lowest BCUT2D eigenvalue weighted by Gasteiger charge is -2.22. The van der Waals surface area contributed by atoms with Crippen molar-refractivity contribution in [2.24, 2.45) is 5.92 Å². The van der Waals surface area contributed by atoms with Gasteiger partial charge >= 0.3 is 0 Å². The summed E-state index contributed by atoms with van der Waals surface area (Å²) in [5.74, 6) is 1.77. The number of halogens is 1. The molecule has 1 aliphatic heterocycles. The normalized spacial score (nSPS) is 14.3. The van der Waals surface area contributed by atoms with Crippen LogP contribution >= 0.6 is 22.9 Å². The number of hydrogen-bond acceptors (Lipinski definition) is 8. The van der Waals surface area contributed by atoms with Gasteiger partial charge < -0.3 is 21.3 Å². The van der Waals surface area contributed by atoms with E-state index in [-0.39, 0.29) is 5.91 Å². The van der Waals surface area contributed by atoms with Crippen LogP contribution in [0.2, 0.25) is 5.02 Å². The van der Waals surface area contributed by atoms with Crippen molar-refractivity contribution in [1.29, 1.82) is 0 Å². The van der Waals surface area contributed by atoms with Crippen LogP contribution in [0.15, 0.2) is 36.8 Å². The number of carbonyl (C=O) groups is 1. The third kappa shape index (κ3) is 5.69. The minimum atomic E-state index is -0.256. The summed E-state index contributed by atoms with van der Waals surface area (Å²) in [6.45, 7) is 4.92. The first-order chi connectivity index (χ1) is 15.1. The van der Waals surface area contributed by atoms with E-state index in [1.807, 2.05) is 25.1 Å². The first-order valence-electron chi connectivity index (χ1n) is 10.1. The van der Waals surface area contributed by atoms with Crippen molar-refractivity contribution < 1.29 is 4.79 Å². The fourth-order valence-corrected chi connectivity index (χ4v) is 4.36. The number of nitrogens with one attached hydrogen (secondary N) is 4. The van der Waals surface area contributed by atoms with Gasteiger partial charge in [0.2, 0.25) is 0 Å². The number of carbonyl (C=O) groups excluding carboxylic acids is 1. The Morgan fingerprint density at radius 1 is 1.23 bits per heavy atom. The van der Waals surface area contributed by atoms with Gasteiger partial charge in [-0.3, -0.25) is 4.79 Å². The molecule has 1 amide bonds. The molecule has 0 radical (unpaired) electrons. The fourth-order valence-electron chi connectivity index (χ4n) is 3.37. The Labute approximate surface area is 189 Å². The van der Waals surface area contributed by atoms with Crippen molar-refractivity contribution in [3.05, 3.63) is 52.3 Å². The quantitative estimate of drug-likeness (QED) is 0.419. The van der Waals surface area contributed by atoms with Crippen molar-refractivity contribution in [1.82, 2.24) is 20.3 Å². The molecule has 2 aromatic heterocycles. The van der Waals surface area contributed by atoms with Gasteiger partial charge in [0.25, 0.3) is 5.91 Å². The van der Waals surface area contributed by atoms with E-state index in [2.05, 4.69) is 36.2 Å². The van der Waals surface area contributed by atoms with Crippen LogP contribution in [-0.2, 0) is 0 Å². The standard InChI is InChI=1S/C21H24ClN7OS/c1-13-3-2-4-15(22)19(13)29-20(30)16-11-25-21(31-16)28-18-9-17(26-12-27-18)24-10-14-5-7-23-8-6-14/h2-4,9,11-12,14,23H,5-8,10H2,1H3,(H,29,30)(H2,24,25,26,27,28). The van der Waals surface area contributed by atoms with E-state index >= 15 is 0 Å². The lowest BCUT2D eigenvalue weighted by molar-refractivity contribution is 0.103. The average molecular weight is 458 g/mol. The Morgan fingerprint density at radius 3 is 2.84 bits per heavy atom. The smallest absolute Gasteiger partial charge is 0.267 e. The molecule has 0 spiro atoms. The maximum Gasteiger partial charge on any atom is 0.267 e. The first-order valence-corrected chi connectivity index (χ1v) is 11.3. The summed E-state index contributed by atoms with van der Waals surface area (Å²) < 4.78 is 0. The molecule has 0 atom stereocenters. The third-order valence-electron chi connectivity index (χ3n) is 5.12. The molecule has 1 fully saturated rings.